The number of pyridine rings is 1. The highest BCUT2D eigenvalue weighted by Gasteiger charge is 2.08. The lowest BCUT2D eigenvalue weighted by molar-refractivity contribution is 0.721. The molecule has 1 aromatic carbocycles. The molecular formula is C13H13Cl3N2. The van der Waals surface area contributed by atoms with Crippen LogP contribution in [0.5, 0.6) is 0 Å². The van der Waals surface area contributed by atoms with Crippen LogP contribution in [0.25, 0.3) is 0 Å². The monoisotopic (exact) mass is 302 g/mol. The van der Waals surface area contributed by atoms with Gasteiger partial charge in [-0.15, -0.1) is 12.4 Å². The number of halogens is 3. The first-order valence-electron chi connectivity index (χ1n) is 5.26. The van der Waals surface area contributed by atoms with E-state index in [1.165, 1.54) is 0 Å². The molecule has 0 spiro atoms. The molecule has 2 rings (SSSR count). The van der Waals surface area contributed by atoms with E-state index in [0.717, 1.165) is 17.5 Å². The lowest BCUT2D eigenvalue weighted by atomic mass is 10.0. The summed E-state index contributed by atoms with van der Waals surface area (Å²) in [5.41, 5.74) is 8.26. The van der Waals surface area contributed by atoms with Gasteiger partial charge in [0.25, 0.3) is 0 Å². The molecule has 2 N–H and O–H groups in total. The third-order valence-corrected chi connectivity index (χ3v) is 3.32. The van der Waals surface area contributed by atoms with Crippen LogP contribution in [0.3, 0.4) is 0 Å². The van der Waals surface area contributed by atoms with E-state index >= 15 is 0 Å². The molecular weight excluding hydrogens is 291 g/mol. The summed E-state index contributed by atoms with van der Waals surface area (Å²) in [6.45, 7) is 0. The van der Waals surface area contributed by atoms with Crippen LogP contribution < -0.4 is 5.73 Å². The Morgan fingerprint density at radius 1 is 1.06 bits per heavy atom. The Morgan fingerprint density at radius 3 is 2.33 bits per heavy atom. The average molecular weight is 304 g/mol. The molecule has 0 aliphatic rings. The number of benzene rings is 1. The Kier molecular flexibility index (Phi) is 5.89. The Labute approximate surface area is 123 Å². The third-order valence-electron chi connectivity index (χ3n) is 2.58. The molecule has 0 aliphatic heterocycles. The van der Waals surface area contributed by atoms with Crippen molar-refractivity contribution in [3.8, 4) is 0 Å². The second-order valence-electron chi connectivity index (χ2n) is 3.84. The molecule has 18 heavy (non-hydrogen) atoms. The van der Waals surface area contributed by atoms with Crippen LogP contribution in [0.2, 0.25) is 10.0 Å². The van der Waals surface area contributed by atoms with Gasteiger partial charge in [-0.05, 0) is 41.8 Å². The Morgan fingerprint density at radius 2 is 1.72 bits per heavy atom. The van der Waals surface area contributed by atoms with Crippen molar-refractivity contribution in [2.75, 3.05) is 0 Å². The predicted molar refractivity (Wildman–Crippen MR) is 78.6 cm³/mol. The number of nitrogens with zero attached hydrogens (tertiary/aromatic N) is 1. The van der Waals surface area contributed by atoms with Crippen molar-refractivity contribution in [1.29, 1.82) is 0 Å². The van der Waals surface area contributed by atoms with E-state index in [0.29, 0.717) is 10.0 Å². The normalized spacial score (nSPS) is 11.7. The van der Waals surface area contributed by atoms with Gasteiger partial charge in [0, 0.05) is 18.4 Å². The largest absolute Gasteiger partial charge is 0.324 e. The fourth-order valence-electron chi connectivity index (χ4n) is 1.63. The summed E-state index contributed by atoms with van der Waals surface area (Å²) in [6, 6.07) is 9.31. The van der Waals surface area contributed by atoms with Gasteiger partial charge in [-0.2, -0.15) is 0 Å². The van der Waals surface area contributed by atoms with Crippen molar-refractivity contribution in [2.45, 2.75) is 12.5 Å². The number of aromatic nitrogens is 1. The predicted octanol–water partition coefficient (Wildman–Crippen LogP) is 4.05. The lowest BCUT2D eigenvalue weighted by Gasteiger charge is -2.12. The first kappa shape index (κ1) is 15.3. The van der Waals surface area contributed by atoms with E-state index in [-0.39, 0.29) is 18.4 Å². The van der Waals surface area contributed by atoms with Crippen molar-refractivity contribution < 1.29 is 0 Å². The second-order valence-corrected chi connectivity index (χ2v) is 4.65. The van der Waals surface area contributed by atoms with Crippen LogP contribution in [-0.4, -0.2) is 4.98 Å². The van der Waals surface area contributed by atoms with Crippen LogP contribution in [0, 0.1) is 0 Å². The Hall–Kier alpha value is -0.800. The maximum Gasteiger partial charge on any atom is 0.0595 e. The first-order chi connectivity index (χ1) is 8.16. The van der Waals surface area contributed by atoms with Gasteiger partial charge in [0.2, 0.25) is 0 Å². The maximum atomic E-state index is 6.12. The molecule has 2 aromatic rings. The molecule has 0 radical (unpaired) electrons. The summed E-state index contributed by atoms with van der Waals surface area (Å²) in [7, 11) is 0. The number of rotatable bonds is 3. The Bertz CT molecular complexity index is 503. The molecule has 1 atom stereocenters. The van der Waals surface area contributed by atoms with E-state index in [9.17, 15) is 0 Å². The van der Waals surface area contributed by atoms with Gasteiger partial charge in [-0.25, -0.2) is 0 Å². The highest BCUT2D eigenvalue weighted by Crippen LogP contribution is 2.26. The molecule has 1 heterocycles. The smallest absolute Gasteiger partial charge is 0.0595 e. The maximum absolute atomic E-state index is 6.12. The molecule has 0 saturated carbocycles. The minimum atomic E-state index is -0.0906. The number of hydrogen-bond acceptors (Lipinski definition) is 2. The lowest BCUT2D eigenvalue weighted by Crippen LogP contribution is -2.13. The van der Waals surface area contributed by atoms with Crippen LogP contribution >= 0.6 is 35.6 Å². The van der Waals surface area contributed by atoms with E-state index in [1.807, 2.05) is 24.3 Å². The summed E-state index contributed by atoms with van der Waals surface area (Å²) < 4.78 is 0. The molecule has 0 fully saturated rings. The highest BCUT2D eigenvalue weighted by atomic mass is 35.5. The molecule has 1 aromatic heterocycles. The zero-order valence-electron chi connectivity index (χ0n) is 9.51. The summed E-state index contributed by atoms with van der Waals surface area (Å²) in [5.74, 6) is 0. The van der Waals surface area contributed by atoms with Gasteiger partial charge in [0.15, 0.2) is 0 Å². The van der Waals surface area contributed by atoms with Crippen LogP contribution in [0.4, 0.5) is 0 Å². The standard InChI is InChI=1S/C13H12Cl2N2.ClH/c14-11-2-1-10(8-12(11)15)13(16)7-9-3-5-17-6-4-9;/h1-6,8,13H,7,16H2;1H. The van der Waals surface area contributed by atoms with Crippen molar-refractivity contribution in [2.24, 2.45) is 5.73 Å². The van der Waals surface area contributed by atoms with Gasteiger partial charge >= 0.3 is 0 Å². The van der Waals surface area contributed by atoms with Gasteiger partial charge in [-0.3, -0.25) is 4.98 Å². The molecule has 0 bridgehead atoms. The van der Waals surface area contributed by atoms with Gasteiger partial charge in [0.1, 0.15) is 0 Å². The first-order valence-corrected chi connectivity index (χ1v) is 6.02. The minimum absolute atomic E-state index is 0. The summed E-state index contributed by atoms with van der Waals surface area (Å²) in [4.78, 5) is 3.97. The molecule has 1 unspecified atom stereocenters. The van der Waals surface area contributed by atoms with Crippen molar-refractivity contribution >= 4 is 35.6 Å². The molecule has 0 amide bonds. The third kappa shape index (κ3) is 3.85. The molecule has 96 valence electrons. The highest BCUT2D eigenvalue weighted by molar-refractivity contribution is 6.42. The zero-order chi connectivity index (χ0) is 12.3. The van der Waals surface area contributed by atoms with Gasteiger partial charge in [-0.1, -0.05) is 29.3 Å². The average Bonchev–Trinajstić information content (AvgIpc) is 2.34. The zero-order valence-corrected chi connectivity index (χ0v) is 11.8. The van der Waals surface area contributed by atoms with Crippen LogP contribution in [-0.2, 0) is 6.42 Å². The van der Waals surface area contributed by atoms with Crippen molar-refractivity contribution in [3.63, 3.8) is 0 Å². The van der Waals surface area contributed by atoms with Crippen LogP contribution in [0.1, 0.15) is 17.2 Å². The molecule has 5 heteroatoms. The fourth-order valence-corrected chi connectivity index (χ4v) is 1.94. The minimum Gasteiger partial charge on any atom is -0.324 e. The van der Waals surface area contributed by atoms with Gasteiger partial charge < -0.3 is 5.73 Å². The van der Waals surface area contributed by atoms with E-state index < -0.39 is 0 Å². The van der Waals surface area contributed by atoms with Crippen molar-refractivity contribution in [3.05, 3.63) is 63.9 Å². The second kappa shape index (κ2) is 6.95. The topological polar surface area (TPSA) is 38.9 Å². The Balaban J connectivity index is 0.00000162. The number of hydrogen-bond donors (Lipinski definition) is 1. The van der Waals surface area contributed by atoms with Crippen molar-refractivity contribution in [1.82, 2.24) is 4.98 Å². The molecule has 0 aliphatic carbocycles. The van der Waals surface area contributed by atoms with E-state index in [4.69, 9.17) is 28.9 Å². The molecule has 0 saturated heterocycles. The van der Waals surface area contributed by atoms with E-state index in [1.54, 1.807) is 18.5 Å². The quantitative estimate of drug-likeness (QED) is 0.929. The summed E-state index contributed by atoms with van der Waals surface area (Å²) in [5, 5.41) is 1.08. The number of nitrogens with two attached hydrogens (primary N) is 1. The van der Waals surface area contributed by atoms with Crippen LogP contribution in [0.15, 0.2) is 42.7 Å². The fraction of sp³-hybridized carbons (Fsp3) is 0.154. The summed E-state index contributed by atoms with van der Waals surface area (Å²) in [6.07, 6.45) is 4.27. The molecule has 2 nitrogen and oxygen atoms in total. The van der Waals surface area contributed by atoms with E-state index in [2.05, 4.69) is 4.98 Å². The SMILES string of the molecule is Cl.NC(Cc1ccncc1)c1ccc(Cl)c(Cl)c1. The summed E-state index contributed by atoms with van der Waals surface area (Å²) >= 11 is 11.8. The van der Waals surface area contributed by atoms with Gasteiger partial charge in [0.05, 0.1) is 10.0 Å².